The van der Waals surface area contributed by atoms with Gasteiger partial charge >= 0.3 is 13.5 Å². The quantitative estimate of drug-likeness (QED) is 0.583. The minimum Gasteiger partial charge on any atom is -0.337 e. The zero-order chi connectivity index (χ0) is 20.1. The Bertz CT molecular complexity index is 890. The van der Waals surface area contributed by atoms with E-state index in [1.807, 2.05) is 0 Å². The minimum atomic E-state index is -4.38. The molecule has 14 heteroatoms. The van der Waals surface area contributed by atoms with E-state index >= 15 is 0 Å². The third kappa shape index (κ3) is 3.38. The van der Waals surface area contributed by atoms with E-state index in [1.54, 1.807) is 4.98 Å². The van der Waals surface area contributed by atoms with Crippen LogP contribution in [0.25, 0.3) is 0 Å². The molecule has 0 saturated carbocycles. The van der Waals surface area contributed by atoms with Crippen molar-refractivity contribution in [2.75, 3.05) is 6.61 Å². The van der Waals surface area contributed by atoms with E-state index in [-0.39, 0.29) is 4.57 Å². The van der Waals surface area contributed by atoms with E-state index in [2.05, 4.69) is 0 Å². The first-order chi connectivity index (χ1) is 12.5. The highest BCUT2D eigenvalue weighted by atomic mass is 31.2. The number of fused-ring (bicyclic) bond motifs is 1. The van der Waals surface area contributed by atoms with Crippen LogP contribution in [0.3, 0.4) is 0 Å². The second-order valence-electron chi connectivity index (χ2n) is 6.25. The first kappa shape index (κ1) is 20.2. The molecule has 0 radical (unpaired) electrons. The highest BCUT2D eigenvalue weighted by molar-refractivity contribution is 7.48. The summed E-state index contributed by atoms with van der Waals surface area (Å²) in [5, 5.41) is 0. The summed E-state index contributed by atoms with van der Waals surface area (Å²) in [6.07, 6.45) is -10.4. The molecule has 0 aromatic carbocycles. The number of halogens is 4. The number of ether oxygens (including phenoxy) is 1. The molecule has 1 N–H and O–H groups in total. The van der Waals surface area contributed by atoms with Crippen molar-refractivity contribution in [1.82, 2.24) is 9.55 Å². The molecule has 27 heavy (non-hydrogen) atoms. The van der Waals surface area contributed by atoms with Crippen molar-refractivity contribution in [3.05, 3.63) is 32.9 Å². The van der Waals surface area contributed by atoms with Gasteiger partial charge in [0, 0.05) is 0 Å². The molecule has 152 valence electrons. The summed E-state index contributed by atoms with van der Waals surface area (Å²) in [5.41, 5.74) is -5.38. The Hall–Kier alpha value is -1.53. The number of aromatic amines is 1. The number of H-pyrrole nitrogens is 1. The van der Waals surface area contributed by atoms with E-state index in [4.69, 9.17) is 18.3 Å². The van der Waals surface area contributed by atoms with E-state index in [1.165, 1.54) is 13.8 Å². The van der Waals surface area contributed by atoms with Gasteiger partial charge < -0.3 is 4.74 Å². The van der Waals surface area contributed by atoms with Gasteiger partial charge in [0.05, 0.1) is 18.9 Å². The molecule has 0 aliphatic carbocycles. The SMILES string of the molecule is CC(C)OP1(=O)OC[C@@]2(C(F)F)O[C@@H](n3cc(F)c(=O)[nH]c3=O)[C@@H](F)[C@@H]2O1. The van der Waals surface area contributed by atoms with Crippen molar-refractivity contribution >= 4 is 7.82 Å². The lowest BCUT2D eigenvalue weighted by molar-refractivity contribution is -0.208. The van der Waals surface area contributed by atoms with Crippen LogP contribution in [0.4, 0.5) is 17.6 Å². The molecule has 5 atom stereocenters. The third-order valence-electron chi connectivity index (χ3n) is 3.98. The van der Waals surface area contributed by atoms with Gasteiger partial charge in [-0.1, -0.05) is 0 Å². The summed E-state index contributed by atoms with van der Waals surface area (Å²) < 4.78 is 88.0. The minimum absolute atomic E-state index is 0.265. The van der Waals surface area contributed by atoms with Gasteiger partial charge in [-0.25, -0.2) is 22.5 Å². The van der Waals surface area contributed by atoms with Crippen LogP contribution in [-0.2, 0) is 22.9 Å². The Morgan fingerprint density at radius 1 is 1.41 bits per heavy atom. The molecule has 1 aromatic heterocycles. The lowest BCUT2D eigenvalue weighted by Gasteiger charge is -2.39. The molecule has 3 rings (SSSR count). The number of hydrogen-bond donors (Lipinski definition) is 1. The van der Waals surface area contributed by atoms with Gasteiger partial charge in [0.2, 0.25) is 5.82 Å². The highest BCUT2D eigenvalue weighted by Crippen LogP contribution is 2.61. The van der Waals surface area contributed by atoms with Crippen molar-refractivity contribution in [2.45, 2.75) is 50.5 Å². The molecule has 9 nitrogen and oxygen atoms in total. The maximum Gasteiger partial charge on any atom is 0.475 e. The van der Waals surface area contributed by atoms with E-state index < -0.39 is 68.1 Å². The summed E-state index contributed by atoms with van der Waals surface area (Å²) >= 11 is 0. The molecule has 3 heterocycles. The summed E-state index contributed by atoms with van der Waals surface area (Å²) in [4.78, 5) is 24.5. The monoisotopic (exact) mass is 418 g/mol. The van der Waals surface area contributed by atoms with Crippen molar-refractivity contribution in [1.29, 1.82) is 0 Å². The fraction of sp³-hybridized carbons (Fsp3) is 0.692. The Labute approximate surface area is 148 Å². The summed E-state index contributed by atoms with van der Waals surface area (Å²) in [5.74, 6) is -1.46. The van der Waals surface area contributed by atoms with Crippen LogP contribution in [0, 0.1) is 5.82 Å². The average Bonchev–Trinajstić information content (AvgIpc) is 2.84. The second-order valence-corrected chi connectivity index (χ2v) is 7.83. The summed E-state index contributed by atoms with van der Waals surface area (Å²) in [6, 6.07) is 0. The van der Waals surface area contributed by atoms with Crippen LogP contribution < -0.4 is 11.2 Å². The van der Waals surface area contributed by atoms with Gasteiger partial charge in [-0.3, -0.25) is 27.9 Å². The summed E-state index contributed by atoms with van der Waals surface area (Å²) in [7, 11) is -4.38. The zero-order valence-corrected chi connectivity index (χ0v) is 14.8. The molecule has 0 amide bonds. The van der Waals surface area contributed by atoms with Gasteiger partial charge in [0.15, 0.2) is 18.0 Å². The predicted molar refractivity (Wildman–Crippen MR) is 79.7 cm³/mol. The lowest BCUT2D eigenvalue weighted by atomic mass is 9.97. The van der Waals surface area contributed by atoms with E-state index in [9.17, 15) is 31.7 Å². The normalized spacial score (nSPS) is 36.4. The van der Waals surface area contributed by atoms with Crippen LogP contribution in [0.1, 0.15) is 20.1 Å². The first-order valence-electron chi connectivity index (χ1n) is 7.71. The standard InChI is InChI=1S/C13H15F4N2O7P/c1-5(2)25-27(22)23-4-13(11(16)17)8(26-27)7(15)10(24-13)19-3-6(14)9(20)18-12(19)21/h3,5,7-8,10-11H,4H2,1-2H3,(H,18,20,21)/t7-,8-,10+,13+,27?/m0/s1. The van der Waals surface area contributed by atoms with Crippen molar-refractivity contribution in [2.24, 2.45) is 0 Å². The summed E-state index contributed by atoms with van der Waals surface area (Å²) in [6.45, 7) is 1.87. The first-order valence-corrected chi connectivity index (χ1v) is 9.17. The number of nitrogens with zero attached hydrogens (tertiary/aromatic N) is 1. The topological polar surface area (TPSA) is 109 Å². The van der Waals surface area contributed by atoms with E-state index in [0.29, 0.717) is 6.20 Å². The third-order valence-corrected chi connectivity index (χ3v) is 5.59. The maximum atomic E-state index is 14.9. The molecule has 2 aliphatic rings. The van der Waals surface area contributed by atoms with E-state index in [0.717, 1.165) is 0 Å². The number of alkyl halides is 3. The molecule has 0 bridgehead atoms. The van der Waals surface area contributed by atoms with Gasteiger partial charge in [0.25, 0.3) is 12.0 Å². The van der Waals surface area contributed by atoms with Crippen LogP contribution in [-0.4, -0.2) is 46.6 Å². The molecule has 2 aliphatic heterocycles. The molecule has 2 fully saturated rings. The van der Waals surface area contributed by atoms with Crippen LogP contribution in [0.5, 0.6) is 0 Å². The Balaban J connectivity index is 2.01. The van der Waals surface area contributed by atoms with Crippen molar-refractivity contribution < 1.29 is 40.4 Å². The molecule has 2 saturated heterocycles. The maximum absolute atomic E-state index is 14.9. The number of hydrogen-bond acceptors (Lipinski definition) is 7. The molecular weight excluding hydrogens is 403 g/mol. The Kier molecular flexibility index (Phi) is 5.10. The largest absolute Gasteiger partial charge is 0.475 e. The number of nitrogens with one attached hydrogen (secondary N) is 1. The zero-order valence-electron chi connectivity index (χ0n) is 13.9. The number of phosphoric acid groups is 1. The molecular formula is C13H15F4N2O7P. The van der Waals surface area contributed by atoms with Crippen molar-refractivity contribution in [3.63, 3.8) is 0 Å². The smallest absolute Gasteiger partial charge is 0.337 e. The molecule has 1 unspecified atom stereocenters. The van der Waals surface area contributed by atoms with Gasteiger partial charge in [-0.2, -0.15) is 4.39 Å². The number of aromatic nitrogens is 2. The van der Waals surface area contributed by atoms with Gasteiger partial charge in [-0.05, 0) is 13.8 Å². The number of rotatable bonds is 4. The van der Waals surface area contributed by atoms with Crippen LogP contribution >= 0.6 is 7.82 Å². The van der Waals surface area contributed by atoms with Gasteiger partial charge in [-0.15, -0.1) is 0 Å². The fourth-order valence-corrected chi connectivity index (χ4v) is 4.42. The van der Waals surface area contributed by atoms with Crippen LogP contribution in [0.15, 0.2) is 15.8 Å². The number of phosphoric ester groups is 1. The lowest BCUT2D eigenvalue weighted by Crippen LogP contribution is -2.55. The highest BCUT2D eigenvalue weighted by Gasteiger charge is 2.68. The molecule has 0 spiro atoms. The van der Waals surface area contributed by atoms with Gasteiger partial charge in [0.1, 0.15) is 6.10 Å². The van der Waals surface area contributed by atoms with Crippen LogP contribution in [0.2, 0.25) is 0 Å². The fourth-order valence-electron chi connectivity index (χ4n) is 2.80. The molecule has 1 aromatic rings. The Morgan fingerprint density at radius 2 is 2.07 bits per heavy atom. The second kappa shape index (κ2) is 6.82. The Morgan fingerprint density at radius 3 is 2.67 bits per heavy atom. The average molecular weight is 418 g/mol. The van der Waals surface area contributed by atoms with Crippen molar-refractivity contribution in [3.8, 4) is 0 Å². The predicted octanol–water partition coefficient (Wildman–Crippen LogP) is 1.49.